The van der Waals surface area contributed by atoms with Crippen molar-refractivity contribution in [3.8, 4) is 0 Å². The van der Waals surface area contributed by atoms with Gasteiger partial charge in [-0.1, -0.05) is 30.3 Å². The summed E-state index contributed by atoms with van der Waals surface area (Å²) in [7, 11) is 0. The SMILES string of the molecule is C[C@@H]1OCC[C@]12CN(C(=O)NCC1CCN(Cc3ccccc3)CC1)CCO2. The Morgan fingerprint density at radius 1 is 1.18 bits per heavy atom. The molecule has 0 radical (unpaired) electrons. The van der Waals surface area contributed by atoms with Crippen LogP contribution in [0.2, 0.25) is 0 Å². The van der Waals surface area contributed by atoms with Crippen molar-refractivity contribution in [3.63, 3.8) is 0 Å². The molecule has 0 saturated carbocycles. The maximum absolute atomic E-state index is 12.7. The molecule has 3 saturated heterocycles. The van der Waals surface area contributed by atoms with Gasteiger partial charge in [0.05, 0.1) is 19.3 Å². The Morgan fingerprint density at radius 2 is 1.96 bits per heavy atom. The predicted octanol–water partition coefficient (Wildman–Crippen LogP) is 2.49. The number of hydrogen-bond acceptors (Lipinski definition) is 4. The average Bonchev–Trinajstić information content (AvgIpc) is 3.07. The number of piperidine rings is 1. The molecule has 3 aliphatic heterocycles. The molecule has 28 heavy (non-hydrogen) atoms. The van der Waals surface area contributed by atoms with Gasteiger partial charge in [0.15, 0.2) is 0 Å². The molecule has 2 atom stereocenters. The summed E-state index contributed by atoms with van der Waals surface area (Å²) >= 11 is 0. The summed E-state index contributed by atoms with van der Waals surface area (Å²) in [6, 6.07) is 10.7. The molecule has 3 fully saturated rings. The van der Waals surface area contributed by atoms with Crippen molar-refractivity contribution in [1.29, 1.82) is 0 Å². The number of benzene rings is 1. The minimum absolute atomic E-state index is 0.0495. The number of morpholine rings is 1. The first kappa shape index (κ1) is 19.7. The number of carbonyl (C=O) groups excluding carboxylic acids is 1. The van der Waals surface area contributed by atoms with Crippen molar-refractivity contribution in [2.75, 3.05) is 45.9 Å². The van der Waals surface area contributed by atoms with E-state index in [4.69, 9.17) is 9.47 Å². The minimum atomic E-state index is -0.307. The van der Waals surface area contributed by atoms with Gasteiger partial charge in [-0.3, -0.25) is 4.90 Å². The molecule has 154 valence electrons. The minimum Gasteiger partial charge on any atom is -0.375 e. The summed E-state index contributed by atoms with van der Waals surface area (Å²) in [4.78, 5) is 17.1. The third-order valence-corrected chi connectivity index (χ3v) is 6.63. The van der Waals surface area contributed by atoms with E-state index in [1.54, 1.807) is 0 Å². The molecule has 1 aromatic rings. The molecule has 3 aliphatic rings. The highest BCUT2D eigenvalue weighted by Crippen LogP contribution is 2.33. The van der Waals surface area contributed by atoms with Gasteiger partial charge in [-0.05, 0) is 44.3 Å². The first-order chi connectivity index (χ1) is 13.6. The van der Waals surface area contributed by atoms with Crippen molar-refractivity contribution < 1.29 is 14.3 Å². The van der Waals surface area contributed by atoms with Crippen molar-refractivity contribution in [2.24, 2.45) is 5.92 Å². The zero-order valence-electron chi connectivity index (χ0n) is 16.9. The smallest absolute Gasteiger partial charge is 0.317 e. The lowest BCUT2D eigenvalue weighted by atomic mass is 9.94. The number of nitrogens with one attached hydrogen (secondary N) is 1. The lowest BCUT2D eigenvalue weighted by Crippen LogP contribution is -2.58. The molecule has 6 heteroatoms. The standard InChI is InChI=1S/C22H33N3O3/c1-18-22(9-13-27-18)17-25(12-14-28-22)21(26)23-15-19-7-10-24(11-8-19)16-20-5-3-2-4-6-20/h2-6,18-19H,7-17H2,1H3,(H,23,26)/t18-,22-/m0/s1. The quantitative estimate of drug-likeness (QED) is 0.862. The topological polar surface area (TPSA) is 54.0 Å². The number of amides is 2. The fraction of sp³-hybridized carbons (Fsp3) is 0.682. The molecule has 3 heterocycles. The Labute approximate surface area is 168 Å². The predicted molar refractivity (Wildman–Crippen MR) is 108 cm³/mol. The van der Waals surface area contributed by atoms with Crippen LogP contribution in [0.4, 0.5) is 4.79 Å². The fourth-order valence-corrected chi connectivity index (χ4v) is 4.67. The molecule has 1 spiro atoms. The zero-order valence-corrected chi connectivity index (χ0v) is 16.9. The number of hydrogen-bond donors (Lipinski definition) is 1. The van der Waals surface area contributed by atoms with E-state index in [0.717, 1.165) is 52.0 Å². The van der Waals surface area contributed by atoms with Crippen LogP contribution in [0.3, 0.4) is 0 Å². The highest BCUT2D eigenvalue weighted by molar-refractivity contribution is 5.74. The molecule has 1 aromatic carbocycles. The molecule has 0 bridgehead atoms. The van der Waals surface area contributed by atoms with Crippen LogP contribution in [-0.2, 0) is 16.0 Å². The van der Waals surface area contributed by atoms with Crippen LogP contribution in [-0.4, -0.2) is 73.5 Å². The number of urea groups is 1. The van der Waals surface area contributed by atoms with E-state index in [1.807, 2.05) is 4.90 Å². The van der Waals surface area contributed by atoms with Gasteiger partial charge >= 0.3 is 6.03 Å². The van der Waals surface area contributed by atoms with Crippen LogP contribution in [0.5, 0.6) is 0 Å². The summed E-state index contributed by atoms with van der Waals surface area (Å²) in [6.45, 7) is 8.67. The number of carbonyl (C=O) groups is 1. The number of ether oxygens (including phenoxy) is 2. The van der Waals surface area contributed by atoms with E-state index in [-0.39, 0.29) is 17.7 Å². The first-order valence-electron chi connectivity index (χ1n) is 10.7. The molecule has 6 nitrogen and oxygen atoms in total. The van der Waals surface area contributed by atoms with Crippen LogP contribution >= 0.6 is 0 Å². The van der Waals surface area contributed by atoms with Gasteiger partial charge in [0, 0.05) is 32.7 Å². The summed E-state index contributed by atoms with van der Waals surface area (Å²) in [5, 5.41) is 3.18. The Morgan fingerprint density at radius 3 is 2.68 bits per heavy atom. The highest BCUT2D eigenvalue weighted by atomic mass is 16.6. The fourth-order valence-electron chi connectivity index (χ4n) is 4.67. The second-order valence-corrected chi connectivity index (χ2v) is 8.49. The monoisotopic (exact) mass is 387 g/mol. The Balaban J connectivity index is 1.19. The van der Waals surface area contributed by atoms with Crippen molar-refractivity contribution in [2.45, 2.75) is 44.4 Å². The lowest BCUT2D eigenvalue weighted by molar-refractivity contribution is -0.125. The Kier molecular flexibility index (Phi) is 6.19. The summed E-state index contributed by atoms with van der Waals surface area (Å²) in [5.74, 6) is 0.569. The highest BCUT2D eigenvalue weighted by Gasteiger charge is 2.47. The number of likely N-dealkylation sites (tertiary alicyclic amines) is 1. The second kappa shape index (κ2) is 8.80. The Bertz CT molecular complexity index is 648. The molecular formula is C22H33N3O3. The van der Waals surface area contributed by atoms with E-state index in [1.165, 1.54) is 5.56 Å². The largest absolute Gasteiger partial charge is 0.375 e. The van der Waals surface area contributed by atoms with Crippen molar-refractivity contribution in [1.82, 2.24) is 15.1 Å². The van der Waals surface area contributed by atoms with E-state index < -0.39 is 0 Å². The van der Waals surface area contributed by atoms with Crippen LogP contribution in [0.1, 0.15) is 31.7 Å². The number of nitrogens with zero attached hydrogens (tertiary/aromatic N) is 2. The molecule has 0 unspecified atom stereocenters. The van der Waals surface area contributed by atoms with E-state index in [9.17, 15) is 4.79 Å². The third-order valence-electron chi connectivity index (χ3n) is 6.63. The van der Waals surface area contributed by atoms with Crippen molar-refractivity contribution in [3.05, 3.63) is 35.9 Å². The van der Waals surface area contributed by atoms with E-state index in [2.05, 4.69) is 47.5 Å². The molecular weight excluding hydrogens is 354 g/mol. The van der Waals surface area contributed by atoms with Crippen LogP contribution in [0, 0.1) is 5.92 Å². The first-order valence-corrected chi connectivity index (χ1v) is 10.7. The molecule has 2 amide bonds. The average molecular weight is 388 g/mol. The van der Waals surface area contributed by atoms with Gasteiger partial charge in [0.1, 0.15) is 5.60 Å². The van der Waals surface area contributed by atoms with Gasteiger partial charge in [0.2, 0.25) is 0 Å². The number of rotatable bonds is 4. The van der Waals surface area contributed by atoms with Crippen LogP contribution in [0.15, 0.2) is 30.3 Å². The normalized spacial score (nSPS) is 29.3. The van der Waals surface area contributed by atoms with Gasteiger partial charge in [-0.15, -0.1) is 0 Å². The van der Waals surface area contributed by atoms with E-state index >= 15 is 0 Å². The van der Waals surface area contributed by atoms with E-state index in [0.29, 0.717) is 25.6 Å². The molecule has 4 rings (SSSR count). The Hall–Kier alpha value is -1.63. The van der Waals surface area contributed by atoms with Crippen molar-refractivity contribution >= 4 is 6.03 Å². The molecule has 0 aliphatic carbocycles. The zero-order chi connectivity index (χ0) is 19.4. The molecule has 1 N–H and O–H groups in total. The third kappa shape index (κ3) is 4.50. The summed E-state index contributed by atoms with van der Waals surface area (Å²) in [5.41, 5.74) is 1.07. The van der Waals surface area contributed by atoms with Gasteiger partial charge in [-0.25, -0.2) is 4.79 Å². The summed E-state index contributed by atoms with van der Waals surface area (Å²) in [6.07, 6.45) is 3.21. The van der Waals surface area contributed by atoms with Crippen LogP contribution < -0.4 is 5.32 Å². The van der Waals surface area contributed by atoms with Gasteiger partial charge < -0.3 is 19.7 Å². The lowest BCUT2D eigenvalue weighted by Gasteiger charge is -2.42. The van der Waals surface area contributed by atoms with Crippen LogP contribution in [0.25, 0.3) is 0 Å². The van der Waals surface area contributed by atoms with Gasteiger partial charge in [-0.2, -0.15) is 0 Å². The van der Waals surface area contributed by atoms with Gasteiger partial charge in [0.25, 0.3) is 0 Å². The maximum Gasteiger partial charge on any atom is 0.317 e. The maximum atomic E-state index is 12.7. The summed E-state index contributed by atoms with van der Waals surface area (Å²) < 4.78 is 11.7. The second-order valence-electron chi connectivity index (χ2n) is 8.49. The molecule has 0 aromatic heterocycles.